The van der Waals surface area contributed by atoms with E-state index in [0.29, 0.717) is 24.0 Å². The Labute approximate surface area is 160 Å². The van der Waals surface area contributed by atoms with Crippen molar-refractivity contribution in [3.63, 3.8) is 0 Å². The molecule has 0 spiro atoms. The van der Waals surface area contributed by atoms with Gasteiger partial charge < -0.3 is 9.47 Å². The molecule has 2 bridgehead atoms. The number of carbonyl (C=O) groups excluding carboxylic acids is 2. The molecule has 1 saturated carbocycles. The lowest BCUT2D eigenvalue weighted by Crippen LogP contribution is -2.34. The van der Waals surface area contributed by atoms with Crippen LogP contribution >= 0.6 is 0 Å². The Bertz CT molecular complexity index is 746. The molecule has 1 fully saturated rings. The van der Waals surface area contributed by atoms with Gasteiger partial charge in [-0.05, 0) is 57.1 Å². The van der Waals surface area contributed by atoms with Crippen molar-refractivity contribution in [1.82, 2.24) is 0 Å². The molecule has 0 aromatic heterocycles. The molecule has 4 unspecified atom stereocenters. The lowest BCUT2D eigenvalue weighted by atomic mass is 9.90. The van der Waals surface area contributed by atoms with Crippen molar-refractivity contribution in [1.29, 1.82) is 0 Å². The summed E-state index contributed by atoms with van der Waals surface area (Å²) in [5.41, 5.74) is -0.198. The summed E-state index contributed by atoms with van der Waals surface area (Å²) < 4.78 is 11.7. The van der Waals surface area contributed by atoms with Crippen LogP contribution in [0.25, 0.3) is 0 Å². The first-order chi connectivity index (χ1) is 12.9. The Kier molecular flexibility index (Phi) is 4.45. The van der Waals surface area contributed by atoms with E-state index < -0.39 is 11.2 Å². The minimum Gasteiger partial charge on any atom is -0.451 e. The summed E-state index contributed by atoms with van der Waals surface area (Å²) in [6.45, 7) is 3.80. The number of fused-ring (bicyclic) bond motifs is 2. The average molecular weight is 366 g/mol. The lowest BCUT2D eigenvalue weighted by Gasteiger charge is -2.30. The quantitative estimate of drug-likeness (QED) is 0.694. The predicted octanol–water partition coefficient (Wildman–Crippen LogP) is 4.35. The van der Waals surface area contributed by atoms with Crippen LogP contribution in [0.1, 0.15) is 46.0 Å². The summed E-state index contributed by atoms with van der Waals surface area (Å²) in [7, 11) is 0. The topological polar surface area (TPSA) is 52.6 Å². The van der Waals surface area contributed by atoms with Crippen molar-refractivity contribution in [3.8, 4) is 0 Å². The molecule has 0 radical (unpaired) electrons. The highest BCUT2D eigenvalue weighted by Gasteiger charge is 2.47. The number of allylic oxidation sites excluding steroid dienone is 4. The van der Waals surface area contributed by atoms with Gasteiger partial charge in [-0.1, -0.05) is 36.5 Å². The largest absolute Gasteiger partial charge is 0.451 e. The number of ether oxygens (including phenoxy) is 2. The van der Waals surface area contributed by atoms with E-state index in [0.717, 1.165) is 19.3 Å². The first-order valence-electron chi connectivity index (χ1n) is 9.79. The van der Waals surface area contributed by atoms with Gasteiger partial charge in [0, 0.05) is 12.8 Å². The van der Waals surface area contributed by atoms with Crippen molar-refractivity contribution in [3.05, 3.63) is 59.8 Å². The molecule has 0 amide bonds. The van der Waals surface area contributed by atoms with Gasteiger partial charge in [-0.2, -0.15) is 0 Å². The third-order valence-corrected chi connectivity index (χ3v) is 6.07. The van der Waals surface area contributed by atoms with Crippen LogP contribution < -0.4 is 0 Å². The zero-order chi connectivity index (χ0) is 19.1. The Balaban J connectivity index is 1.57. The number of carbonyl (C=O) groups is 2. The number of hydrogen-bond acceptors (Lipinski definition) is 4. The second-order valence-electron chi connectivity index (χ2n) is 8.42. The maximum Gasteiger partial charge on any atom is 0.335 e. The molecule has 0 aromatic carbocycles. The highest BCUT2D eigenvalue weighted by Crippen LogP contribution is 2.50. The molecule has 0 saturated heterocycles. The molecule has 0 aliphatic heterocycles. The van der Waals surface area contributed by atoms with Crippen LogP contribution in [-0.2, 0) is 19.1 Å². The summed E-state index contributed by atoms with van der Waals surface area (Å²) in [5.74, 6) is -0.487. The SMILES string of the molecule is CC1(OC(=O)C2=C(C(=O)OC3(C)C=CC=CC3)C3CCC2C3)C=CC=CC1. The molecule has 0 N–H and O–H groups in total. The monoisotopic (exact) mass is 366 g/mol. The summed E-state index contributed by atoms with van der Waals surface area (Å²) >= 11 is 0. The highest BCUT2D eigenvalue weighted by molar-refractivity contribution is 6.03. The number of rotatable bonds is 4. The van der Waals surface area contributed by atoms with E-state index in [1.807, 2.05) is 62.5 Å². The maximum absolute atomic E-state index is 13.0. The van der Waals surface area contributed by atoms with E-state index in [9.17, 15) is 9.59 Å². The number of hydrogen-bond donors (Lipinski definition) is 0. The third-order valence-electron chi connectivity index (χ3n) is 6.07. The third kappa shape index (κ3) is 3.45. The van der Waals surface area contributed by atoms with Crippen LogP contribution in [0, 0.1) is 11.8 Å². The smallest absolute Gasteiger partial charge is 0.335 e. The molecule has 142 valence electrons. The van der Waals surface area contributed by atoms with E-state index in [1.54, 1.807) is 0 Å². The molecular formula is C23H26O4. The van der Waals surface area contributed by atoms with E-state index >= 15 is 0 Å². The minimum atomic E-state index is -0.654. The molecule has 0 aromatic rings. The van der Waals surface area contributed by atoms with Crippen molar-refractivity contribution in [2.45, 2.75) is 57.2 Å². The first-order valence-corrected chi connectivity index (χ1v) is 9.79. The van der Waals surface area contributed by atoms with E-state index in [2.05, 4.69) is 0 Å². The van der Waals surface area contributed by atoms with Gasteiger partial charge in [-0.15, -0.1) is 0 Å². The fourth-order valence-electron chi connectivity index (χ4n) is 4.60. The Morgan fingerprint density at radius 2 is 1.26 bits per heavy atom. The average Bonchev–Trinajstić information content (AvgIpc) is 3.23. The van der Waals surface area contributed by atoms with Gasteiger partial charge in [0.25, 0.3) is 0 Å². The molecule has 4 rings (SSSR count). The molecule has 27 heavy (non-hydrogen) atoms. The maximum atomic E-state index is 13.0. The second-order valence-corrected chi connectivity index (χ2v) is 8.42. The van der Waals surface area contributed by atoms with Gasteiger partial charge >= 0.3 is 11.9 Å². The molecule has 4 nitrogen and oxygen atoms in total. The van der Waals surface area contributed by atoms with Gasteiger partial charge in [0.05, 0.1) is 11.1 Å². The standard InChI is InChI=1S/C23H26O4/c1-22(11-5-3-6-12-22)26-20(24)18-16-9-10-17(15-16)19(18)21(25)27-23(2)13-7-4-8-14-23/h3-8,11,13,16-17H,9-10,12,14-15H2,1-2H3. The Morgan fingerprint density at radius 1 is 0.815 bits per heavy atom. The van der Waals surface area contributed by atoms with Gasteiger partial charge in [-0.3, -0.25) is 0 Å². The molecule has 4 aliphatic rings. The van der Waals surface area contributed by atoms with Crippen molar-refractivity contribution in [2.75, 3.05) is 0 Å². The van der Waals surface area contributed by atoms with Crippen LogP contribution in [0.2, 0.25) is 0 Å². The summed E-state index contributed by atoms with van der Waals surface area (Å²) in [5, 5.41) is 0. The van der Waals surface area contributed by atoms with E-state index in [1.165, 1.54) is 0 Å². The molecule has 4 aliphatic carbocycles. The zero-order valence-corrected chi connectivity index (χ0v) is 15.9. The van der Waals surface area contributed by atoms with Crippen molar-refractivity contribution in [2.24, 2.45) is 11.8 Å². The van der Waals surface area contributed by atoms with Gasteiger partial charge in [-0.25, -0.2) is 9.59 Å². The highest BCUT2D eigenvalue weighted by atomic mass is 16.6. The molecule has 4 atom stereocenters. The molecule has 4 heteroatoms. The predicted molar refractivity (Wildman–Crippen MR) is 103 cm³/mol. The molecule has 0 heterocycles. The van der Waals surface area contributed by atoms with Gasteiger partial charge in [0.2, 0.25) is 0 Å². The van der Waals surface area contributed by atoms with E-state index in [-0.39, 0.29) is 23.8 Å². The number of esters is 2. The minimum absolute atomic E-state index is 0.117. The zero-order valence-electron chi connectivity index (χ0n) is 15.9. The summed E-state index contributed by atoms with van der Waals surface area (Å²) in [6.07, 6.45) is 19.5. The summed E-state index contributed by atoms with van der Waals surface area (Å²) in [6, 6.07) is 0. The van der Waals surface area contributed by atoms with Crippen molar-refractivity contribution < 1.29 is 19.1 Å². The van der Waals surface area contributed by atoms with Crippen molar-refractivity contribution >= 4 is 11.9 Å². The van der Waals surface area contributed by atoms with Crippen LogP contribution in [0.15, 0.2) is 59.8 Å². The lowest BCUT2D eigenvalue weighted by molar-refractivity contribution is -0.153. The summed E-state index contributed by atoms with van der Waals surface area (Å²) in [4.78, 5) is 26.0. The van der Waals surface area contributed by atoms with Crippen LogP contribution in [0.5, 0.6) is 0 Å². The molecular weight excluding hydrogens is 340 g/mol. The van der Waals surface area contributed by atoms with Gasteiger partial charge in [0.15, 0.2) is 0 Å². The fourth-order valence-corrected chi connectivity index (χ4v) is 4.60. The van der Waals surface area contributed by atoms with Crippen LogP contribution in [0.3, 0.4) is 0 Å². The Hall–Kier alpha value is -2.36. The van der Waals surface area contributed by atoms with Crippen LogP contribution in [0.4, 0.5) is 0 Å². The van der Waals surface area contributed by atoms with E-state index in [4.69, 9.17) is 9.47 Å². The Morgan fingerprint density at radius 3 is 1.63 bits per heavy atom. The fraction of sp³-hybridized carbons (Fsp3) is 0.478. The van der Waals surface area contributed by atoms with Crippen LogP contribution in [-0.4, -0.2) is 23.1 Å². The first kappa shape index (κ1) is 18.0. The second kappa shape index (κ2) is 6.66. The normalized spacial score (nSPS) is 36.4. The van der Waals surface area contributed by atoms with Gasteiger partial charge in [0.1, 0.15) is 11.2 Å².